The van der Waals surface area contributed by atoms with E-state index in [1.807, 2.05) is 0 Å². The minimum Gasteiger partial charge on any atom is -0.468 e. The van der Waals surface area contributed by atoms with Crippen LogP contribution in [0.1, 0.15) is 11.1 Å². The van der Waals surface area contributed by atoms with E-state index in [4.69, 9.17) is 5.73 Å². The molecular weight excluding hydrogens is 266 g/mol. The second kappa shape index (κ2) is 6.91. The zero-order valence-corrected chi connectivity index (χ0v) is 13.1. The first kappa shape index (κ1) is 15.8. The van der Waals surface area contributed by atoms with E-state index in [0.29, 0.717) is 6.54 Å². The lowest BCUT2D eigenvalue weighted by Crippen LogP contribution is -2.51. The van der Waals surface area contributed by atoms with Crippen molar-refractivity contribution in [3.05, 3.63) is 29.3 Å². The fourth-order valence-corrected chi connectivity index (χ4v) is 2.75. The summed E-state index contributed by atoms with van der Waals surface area (Å²) in [5.41, 5.74) is 9.80. The van der Waals surface area contributed by atoms with Gasteiger partial charge in [-0.3, -0.25) is 9.69 Å². The Morgan fingerprint density at radius 1 is 1.29 bits per heavy atom. The number of aryl methyl sites for hydroxylation is 1. The number of ether oxygens (including phenoxy) is 1. The smallest absolute Gasteiger partial charge is 0.323 e. The van der Waals surface area contributed by atoms with E-state index in [2.05, 4.69) is 46.6 Å². The highest BCUT2D eigenvalue weighted by atomic mass is 16.5. The Balaban J connectivity index is 1.91. The van der Waals surface area contributed by atoms with Crippen LogP contribution >= 0.6 is 0 Å². The van der Waals surface area contributed by atoms with Crippen LogP contribution in [0.15, 0.2) is 18.2 Å². The Morgan fingerprint density at radius 3 is 2.57 bits per heavy atom. The highest BCUT2D eigenvalue weighted by Crippen LogP contribution is 2.23. The van der Waals surface area contributed by atoms with Crippen molar-refractivity contribution in [2.75, 3.05) is 44.7 Å². The second-order valence-corrected chi connectivity index (χ2v) is 5.64. The van der Waals surface area contributed by atoms with Crippen molar-refractivity contribution in [3.63, 3.8) is 0 Å². The van der Waals surface area contributed by atoms with Gasteiger partial charge in [0.05, 0.1) is 7.11 Å². The Bertz CT molecular complexity index is 496. The molecule has 0 aromatic heterocycles. The molecule has 0 aliphatic carbocycles. The van der Waals surface area contributed by atoms with Crippen LogP contribution in [-0.2, 0) is 9.53 Å². The minimum absolute atomic E-state index is 0.341. The number of methoxy groups -OCH3 is 1. The van der Waals surface area contributed by atoms with Gasteiger partial charge in [-0.25, -0.2) is 0 Å². The highest BCUT2D eigenvalue weighted by molar-refractivity contribution is 5.75. The van der Waals surface area contributed by atoms with E-state index < -0.39 is 6.04 Å². The van der Waals surface area contributed by atoms with Gasteiger partial charge in [0.1, 0.15) is 6.04 Å². The molecule has 1 aliphatic heterocycles. The Kier molecular flexibility index (Phi) is 5.20. The predicted molar refractivity (Wildman–Crippen MR) is 84.6 cm³/mol. The maximum Gasteiger partial charge on any atom is 0.323 e. The lowest BCUT2D eigenvalue weighted by Gasteiger charge is -2.37. The number of hydrogen-bond acceptors (Lipinski definition) is 5. The second-order valence-electron chi connectivity index (χ2n) is 5.64. The molecule has 0 saturated carbocycles. The van der Waals surface area contributed by atoms with Crippen molar-refractivity contribution in [2.24, 2.45) is 5.73 Å². The maximum absolute atomic E-state index is 11.4. The number of esters is 1. The summed E-state index contributed by atoms with van der Waals surface area (Å²) in [6.45, 7) is 8.62. The summed E-state index contributed by atoms with van der Waals surface area (Å²) in [5.74, 6) is -0.341. The Hall–Kier alpha value is -1.59. The lowest BCUT2D eigenvalue weighted by molar-refractivity contribution is -0.142. The molecule has 0 amide bonds. The number of carbonyl (C=O) groups excluding carboxylic acids is 1. The third-order valence-electron chi connectivity index (χ3n) is 4.25. The number of hydrogen-bond donors (Lipinski definition) is 1. The molecule has 1 saturated heterocycles. The van der Waals surface area contributed by atoms with E-state index in [0.717, 1.165) is 26.2 Å². The number of nitrogens with zero attached hydrogens (tertiary/aromatic N) is 2. The van der Waals surface area contributed by atoms with Crippen LogP contribution in [0.25, 0.3) is 0 Å². The first-order valence-corrected chi connectivity index (χ1v) is 7.40. The zero-order valence-electron chi connectivity index (χ0n) is 13.1. The third kappa shape index (κ3) is 3.74. The lowest BCUT2D eigenvalue weighted by atomic mass is 10.1. The molecule has 2 N–H and O–H groups in total. The third-order valence-corrected chi connectivity index (χ3v) is 4.25. The Labute approximate surface area is 126 Å². The quantitative estimate of drug-likeness (QED) is 0.836. The summed E-state index contributed by atoms with van der Waals surface area (Å²) in [7, 11) is 1.38. The number of nitrogens with two attached hydrogens (primary N) is 1. The van der Waals surface area contributed by atoms with Gasteiger partial charge < -0.3 is 15.4 Å². The van der Waals surface area contributed by atoms with Crippen LogP contribution in [0.4, 0.5) is 5.69 Å². The van der Waals surface area contributed by atoms with Gasteiger partial charge in [0, 0.05) is 38.4 Å². The molecule has 5 nitrogen and oxygen atoms in total. The summed E-state index contributed by atoms with van der Waals surface area (Å²) >= 11 is 0. The van der Waals surface area contributed by atoms with E-state index in [1.165, 1.54) is 23.9 Å². The fourth-order valence-electron chi connectivity index (χ4n) is 2.75. The largest absolute Gasteiger partial charge is 0.468 e. The normalized spacial score (nSPS) is 17.6. The SMILES string of the molecule is COC(=O)C(N)CN1CCN(c2cccc(C)c2C)CC1. The van der Waals surface area contributed by atoms with Gasteiger partial charge in [0.15, 0.2) is 0 Å². The van der Waals surface area contributed by atoms with Crippen molar-refractivity contribution in [2.45, 2.75) is 19.9 Å². The molecule has 21 heavy (non-hydrogen) atoms. The molecule has 0 radical (unpaired) electrons. The van der Waals surface area contributed by atoms with Gasteiger partial charge >= 0.3 is 5.97 Å². The van der Waals surface area contributed by atoms with Crippen LogP contribution in [-0.4, -0.2) is 56.7 Å². The van der Waals surface area contributed by atoms with Crippen molar-refractivity contribution in [1.82, 2.24) is 4.90 Å². The van der Waals surface area contributed by atoms with Crippen LogP contribution in [0.3, 0.4) is 0 Å². The van der Waals surface area contributed by atoms with E-state index >= 15 is 0 Å². The van der Waals surface area contributed by atoms with Crippen molar-refractivity contribution < 1.29 is 9.53 Å². The molecule has 0 bridgehead atoms. The molecule has 1 fully saturated rings. The molecule has 1 aromatic rings. The van der Waals surface area contributed by atoms with Crippen LogP contribution in [0.5, 0.6) is 0 Å². The first-order chi connectivity index (χ1) is 10.0. The summed E-state index contributed by atoms with van der Waals surface area (Å²) in [5, 5.41) is 0. The van der Waals surface area contributed by atoms with Gasteiger partial charge in [-0.15, -0.1) is 0 Å². The molecule has 2 rings (SSSR count). The maximum atomic E-state index is 11.4. The Morgan fingerprint density at radius 2 is 1.95 bits per heavy atom. The number of anilines is 1. The molecule has 1 aliphatic rings. The summed E-state index contributed by atoms with van der Waals surface area (Å²) < 4.78 is 4.67. The van der Waals surface area contributed by atoms with E-state index in [9.17, 15) is 4.79 Å². The van der Waals surface area contributed by atoms with Crippen molar-refractivity contribution >= 4 is 11.7 Å². The molecule has 1 atom stereocenters. The zero-order chi connectivity index (χ0) is 15.4. The van der Waals surface area contributed by atoms with Gasteiger partial charge in [-0.05, 0) is 31.0 Å². The molecule has 1 unspecified atom stereocenters. The van der Waals surface area contributed by atoms with Crippen molar-refractivity contribution in [1.29, 1.82) is 0 Å². The first-order valence-electron chi connectivity index (χ1n) is 7.40. The molecular formula is C16H25N3O2. The van der Waals surface area contributed by atoms with Crippen LogP contribution in [0, 0.1) is 13.8 Å². The summed E-state index contributed by atoms with van der Waals surface area (Å²) in [4.78, 5) is 16.0. The number of piperazine rings is 1. The standard InChI is InChI=1S/C16H25N3O2/c1-12-5-4-6-15(13(12)2)19-9-7-18(8-10-19)11-14(17)16(20)21-3/h4-6,14H,7-11,17H2,1-3H3. The van der Waals surface area contributed by atoms with E-state index in [1.54, 1.807) is 0 Å². The average Bonchev–Trinajstić information content (AvgIpc) is 2.50. The number of rotatable bonds is 4. The van der Waals surface area contributed by atoms with E-state index in [-0.39, 0.29) is 5.97 Å². The highest BCUT2D eigenvalue weighted by Gasteiger charge is 2.23. The number of benzene rings is 1. The van der Waals surface area contributed by atoms with Gasteiger partial charge in [0.25, 0.3) is 0 Å². The van der Waals surface area contributed by atoms with Gasteiger partial charge in [0.2, 0.25) is 0 Å². The average molecular weight is 291 g/mol. The molecule has 1 heterocycles. The van der Waals surface area contributed by atoms with Crippen LogP contribution < -0.4 is 10.6 Å². The van der Waals surface area contributed by atoms with Crippen LogP contribution in [0.2, 0.25) is 0 Å². The summed E-state index contributed by atoms with van der Waals surface area (Å²) in [6, 6.07) is 5.88. The monoisotopic (exact) mass is 291 g/mol. The molecule has 0 spiro atoms. The fraction of sp³-hybridized carbons (Fsp3) is 0.562. The molecule has 1 aromatic carbocycles. The number of carbonyl (C=O) groups is 1. The van der Waals surface area contributed by atoms with Crippen molar-refractivity contribution in [3.8, 4) is 0 Å². The molecule has 5 heteroatoms. The minimum atomic E-state index is -0.553. The van der Waals surface area contributed by atoms with Gasteiger partial charge in [-0.2, -0.15) is 0 Å². The van der Waals surface area contributed by atoms with Gasteiger partial charge in [-0.1, -0.05) is 12.1 Å². The topological polar surface area (TPSA) is 58.8 Å². The summed E-state index contributed by atoms with van der Waals surface area (Å²) in [6.07, 6.45) is 0. The molecule has 116 valence electrons. The predicted octanol–water partition coefficient (Wildman–Crippen LogP) is 0.926.